The molecule has 2 aromatic rings. The Morgan fingerprint density at radius 3 is 2.38 bits per heavy atom. The number of likely N-dealkylation sites (N-methyl/N-ethyl adjacent to an activating group) is 1. The molecule has 1 N–H and O–H groups in total. The molecule has 0 unspecified atom stereocenters. The monoisotopic (exact) mass is 420 g/mol. The Labute approximate surface area is 173 Å². The number of benzene rings is 2. The fourth-order valence-electron chi connectivity index (χ4n) is 2.63. The Morgan fingerprint density at radius 1 is 1.17 bits per heavy atom. The maximum absolute atomic E-state index is 14.4. The molecule has 6 nitrogen and oxygen atoms in total. The number of amides is 2. The van der Waals surface area contributed by atoms with Crippen LogP contribution in [-0.2, 0) is 14.3 Å². The summed E-state index contributed by atoms with van der Waals surface area (Å²) in [5.41, 5.74) is 0.617. The third-order valence-corrected chi connectivity index (χ3v) is 4.56. The van der Waals surface area contributed by atoms with Gasteiger partial charge in [-0.25, -0.2) is 9.18 Å². The summed E-state index contributed by atoms with van der Waals surface area (Å²) in [5, 5.41) is 2.66. The first-order chi connectivity index (χ1) is 13.8. The third kappa shape index (κ3) is 5.54. The highest BCUT2D eigenvalue weighted by atomic mass is 35.5. The van der Waals surface area contributed by atoms with Crippen LogP contribution < -0.4 is 5.32 Å². The summed E-state index contributed by atoms with van der Waals surface area (Å²) in [6.45, 7) is 3.48. The van der Waals surface area contributed by atoms with E-state index in [0.717, 1.165) is 4.90 Å². The molecule has 0 aliphatic heterocycles. The van der Waals surface area contributed by atoms with Gasteiger partial charge in [-0.1, -0.05) is 24.6 Å². The van der Waals surface area contributed by atoms with Crippen LogP contribution in [0.25, 0.3) is 0 Å². The summed E-state index contributed by atoms with van der Waals surface area (Å²) in [6, 6.07) is 8.83. The molecule has 2 aromatic carbocycles. The van der Waals surface area contributed by atoms with Crippen LogP contribution >= 0.6 is 11.6 Å². The van der Waals surface area contributed by atoms with Crippen molar-refractivity contribution in [2.75, 3.05) is 19.0 Å². The van der Waals surface area contributed by atoms with E-state index in [1.54, 1.807) is 0 Å². The number of hydrogen-bond donors (Lipinski definition) is 1. The van der Waals surface area contributed by atoms with Crippen LogP contribution in [0.2, 0.25) is 5.02 Å². The fraction of sp³-hybridized carbons (Fsp3) is 0.286. The van der Waals surface area contributed by atoms with Gasteiger partial charge < -0.3 is 15.0 Å². The molecule has 0 saturated carbocycles. The van der Waals surface area contributed by atoms with E-state index in [1.807, 2.05) is 6.92 Å². The predicted molar refractivity (Wildman–Crippen MR) is 108 cm³/mol. The molecule has 8 heteroatoms. The van der Waals surface area contributed by atoms with Gasteiger partial charge in [0.1, 0.15) is 11.9 Å². The number of carbonyl (C=O) groups is 3. The molecule has 0 aliphatic carbocycles. The quantitative estimate of drug-likeness (QED) is 0.681. The number of halogens is 2. The smallest absolute Gasteiger partial charge is 0.338 e. The minimum absolute atomic E-state index is 0.0345. The molecule has 0 aliphatic rings. The van der Waals surface area contributed by atoms with Gasteiger partial charge in [-0.05, 0) is 42.8 Å². The van der Waals surface area contributed by atoms with Gasteiger partial charge in [-0.15, -0.1) is 0 Å². The summed E-state index contributed by atoms with van der Waals surface area (Å²) in [7, 11) is 1.39. The first-order valence-electron chi connectivity index (χ1n) is 9.01. The normalized spacial score (nSPS) is 11.5. The molecular weight excluding hydrogens is 399 g/mol. The zero-order valence-corrected chi connectivity index (χ0v) is 17.1. The first-order valence-corrected chi connectivity index (χ1v) is 9.39. The zero-order chi connectivity index (χ0) is 21.6. The number of nitrogens with one attached hydrogen (secondary N) is 1. The molecule has 0 fully saturated rings. The molecule has 29 heavy (non-hydrogen) atoms. The Hall–Kier alpha value is -2.93. The lowest BCUT2D eigenvalue weighted by Gasteiger charge is -2.27. The number of hydrogen-bond acceptors (Lipinski definition) is 4. The summed E-state index contributed by atoms with van der Waals surface area (Å²) >= 11 is 6.11. The first kappa shape index (κ1) is 22.4. The van der Waals surface area contributed by atoms with Crippen LogP contribution in [0.3, 0.4) is 0 Å². The van der Waals surface area contributed by atoms with Crippen molar-refractivity contribution in [1.29, 1.82) is 0 Å². The number of rotatable bonds is 7. The van der Waals surface area contributed by atoms with Gasteiger partial charge in [0.05, 0.1) is 12.2 Å². The standard InChI is InChI=1S/C21H22ClFN2O4/c1-4-12-29-21(28)14-8-10-15(11-9-14)24-20(27)19(25(3)13(2)26)18-16(22)6-5-7-17(18)23/h5-11,19H,4,12H2,1-3H3,(H,24,27)/t19-/m1/s1. The van der Waals surface area contributed by atoms with Gasteiger partial charge in [0, 0.05) is 30.2 Å². The number of carbonyl (C=O) groups excluding carboxylic acids is 3. The van der Waals surface area contributed by atoms with Crippen molar-refractivity contribution in [3.05, 3.63) is 64.4 Å². The van der Waals surface area contributed by atoms with Crippen molar-refractivity contribution in [3.8, 4) is 0 Å². The minimum Gasteiger partial charge on any atom is -0.462 e. The van der Waals surface area contributed by atoms with E-state index in [4.69, 9.17) is 16.3 Å². The van der Waals surface area contributed by atoms with Crippen molar-refractivity contribution in [2.45, 2.75) is 26.3 Å². The maximum Gasteiger partial charge on any atom is 0.338 e. The number of nitrogens with zero attached hydrogens (tertiary/aromatic N) is 1. The fourth-order valence-corrected chi connectivity index (χ4v) is 2.90. The third-order valence-electron chi connectivity index (χ3n) is 4.23. The molecule has 2 rings (SSSR count). The molecule has 0 aromatic heterocycles. The molecule has 1 atom stereocenters. The van der Waals surface area contributed by atoms with Gasteiger partial charge in [-0.2, -0.15) is 0 Å². The molecule has 2 amide bonds. The Morgan fingerprint density at radius 2 is 1.83 bits per heavy atom. The van der Waals surface area contributed by atoms with Crippen LogP contribution in [-0.4, -0.2) is 36.3 Å². The second kappa shape index (κ2) is 10.0. The van der Waals surface area contributed by atoms with Gasteiger partial charge in [0.2, 0.25) is 5.91 Å². The van der Waals surface area contributed by atoms with E-state index < -0.39 is 29.6 Å². The van der Waals surface area contributed by atoms with Crippen molar-refractivity contribution in [1.82, 2.24) is 4.90 Å². The van der Waals surface area contributed by atoms with Crippen LogP contribution in [0.4, 0.5) is 10.1 Å². The van der Waals surface area contributed by atoms with Gasteiger partial charge in [0.15, 0.2) is 0 Å². The van der Waals surface area contributed by atoms with Crippen molar-refractivity contribution in [2.24, 2.45) is 0 Å². The average Bonchev–Trinajstić information content (AvgIpc) is 2.68. The Bertz CT molecular complexity index is 882. The van der Waals surface area contributed by atoms with Crippen LogP contribution in [0.15, 0.2) is 42.5 Å². The van der Waals surface area contributed by atoms with Gasteiger partial charge >= 0.3 is 5.97 Å². The summed E-state index contributed by atoms with van der Waals surface area (Å²) in [6.07, 6.45) is 0.712. The highest BCUT2D eigenvalue weighted by Crippen LogP contribution is 2.30. The molecule has 0 bridgehead atoms. The molecule has 0 spiro atoms. The predicted octanol–water partition coefficient (Wildman–Crippen LogP) is 4.20. The zero-order valence-electron chi connectivity index (χ0n) is 16.4. The highest BCUT2D eigenvalue weighted by molar-refractivity contribution is 6.31. The maximum atomic E-state index is 14.4. The SMILES string of the molecule is CCCOC(=O)c1ccc(NC(=O)[C@@H](c2c(F)cccc2Cl)N(C)C(C)=O)cc1. The van der Waals surface area contributed by atoms with Crippen molar-refractivity contribution in [3.63, 3.8) is 0 Å². The lowest BCUT2D eigenvalue weighted by atomic mass is 10.0. The largest absolute Gasteiger partial charge is 0.462 e. The molecule has 0 radical (unpaired) electrons. The Balaban J connectivity index is 2.26. The van der Waals surface area contributed by atoms with Crippen LogP contribution in [0, 0.1) is 5.82 Å². The number of esters is 1. The summed E-state index contributed by atoms with van der Waals surface area (Å²) in [5.74, 6) is -2.23. The lowest BCUT2D eigenvalue weighted by Crippen LogP contribution is -2.38. The van der Waals surface area contributed by atoms with Crippen LogP contribution in [0.5, 0.6) is 0 Å². The van der Waals surface area contributed by atoms with E-state index in [0.29, 0.717) is 24.3 Å². The highest BCUT2D eigenvalue weighted by Gasteiger charge is 2.31. The molecular formula is C21H22ClFN2O4. The number of ether oxygens (including phenoxy) is 1. The van der Waals surface area contributed by atoms with Gasteiger partial charge in [0.25, 0.3) is 5.91 Å². The Kier molecular flexibility index (Phi) is 7.73. The van der Waals surface area contributed by atoms with Crippen LogP contribution in [0.1, 0.15) is 42.2 Å². The second-order valence-electron chi connectivity index (χ2n) is 6.37. The van der Waals surface area contributed by atoms with E-state index in [1.165, 1.54) is 56.4 Å². The van der Waals surface area contributed by atoms with E-state index in [-0.39, 0.29) is 10.6 Å². The van der Waals surface area contributed by atoms with E-state index in [9.17, 15) is 18.8 Å². The number of anilines is 1. The molecule has 0 heterocycles. The summed E-state index contributed by atoms with van der Waals surface area (Å²) in [4.78, 5) is 37.7. The topological polar surface area (TPSA) is 75.7 Å². The van der Waals surface area contributed by atoms with Crippen molar-refractivity contribution >= 4 is 35.1 Å². The second-order valence-corrected chi connectivity index (χ2v) is 6.78. The molecule has 0 saturated heterocycles. The molecule has 154 valence electrons. The lowest BCUT2D eigenvalue weighted by molar-refractivity contribution is -0.135. The van der Waals surface area contributed by atoms with Crippen molar-refractivity contribution < 1.29 is 23.5 Å². The van der Waals surface area contributed by atoms with E-state index in [2.05, 4.69) is 5.32 Å². The van der Waals surface area contributed by atoms with Gasteiger partial charge in [-0.3, -0.25) is 9.59 Å². The summed E-state index contributed by atoms with van der Waals surface area (Å²) < 4.78 is 19.5. The van der Waals surface area contributed by atoms with E-state index >= 15 is 0 Å². The minimum atomic E-state index is -1.27. The average molecular weight is 421 g/mol.